The van der Waals surface area contributed by atoms with Gasteiger partial charge in [-0.15, -0.1) is 4.99 Å². The lowest BCUT2D eigenvalue weighted by atomic mass is 9.84. The van der Waals surface area contributed by atoms with E-state index in [4.69, 9.17) is 14.7 Å². The average molecular weight is 367 g/mol. The highest BCUT2D eigenvalue weighted by atomic mass is 16.6. The number of nitrogens with zero attached hydrogens (tertiary/aromatic N) is 5. The van der Waals surface area contributed by atoms with Crippen LogP contribution in [0.1, 0.15) is 37.9 Å². The lowest BCUT2D eigenvalue weighted by molar-refractivity contribution is -0.166. The molecule has 2 heterocycles. The molecule has 2 aliphatic heterocycles. The van der Waals surface area contributed by atoms with Gasteiger partial charge in [-0.25, -0.2) is 0 Å². The SMILES string of the molecule is CC(=O)O[C@@H]1[C@@H](N2CCN(C)C2=NC#N)c2cc(C#N)ccc2OC1(C)C. The first-order valence-corrected chi connectivity index (χ1v) is 8.63. The van der Waals surface area contributed by atoms with Crippen molar-refractivity contribution in [2.24, 2.45) is 4.99 Å². The minimum atomic E-state index is -0.809. The van der Waals surface area contributed by atoms with Gasteiger partial charge in [-0.05, 0) is 32.0 Å². The molecule has 0 saturated carbocycles. The normalized spacial score (nSPS) is 24.6. The predicted octanol–water partition coefficient (Wildman–Crippen LogP) is 1.79. The molecule has 0 aromatic heterocycles. The summed E-state index contributed by atoms with van der Waals surface area (Å²) in [4.78, 5) is 19.6. The second kappa shape index (κ2) is 6.81. The van der Waals surface area contributed by atoms with Crippen LogP contribution in [0.5, 0.6) is 5.75 Å². The maximum absolute atomic E-state index is 11.8. The molecule has 0 unspecified atom stereocenters. The van der Waals surface area contributed by atoms with Gasteiger partial charge in [-0.1, -0.05) is 0 Å². The summed E-state index contributed by atoms with van der Waals surface area (Å²) < 4.78 is 11.8. The van der Waals surface area contributed by atoms with Crippen LogP contribution in [-0.2, 0) is 9.53 Å². The van der Waals surface area contributed by atoms with Crippen molar-refractivity contribution < 1.29 is 14.3 Å². The molecule has 2 atom stereocenters. The molecule has 1 fully saturated rings. The molecule has 140 valence electrons. The molecule has 1 aromatic rings. The quantitative estimate of drug-likeness (QED) is 0.580. The predicted molar refractivity (Wildman–Crippen MR) is 96.5 cm³/mol. The standard InChI is InChI=1S/C19H21N5O3/c1-12(25)26-17-16(24-8-7-23(4)18(24)22-11-21)14-9-13(10-20)5-6-15(14)27-19(17,2)3/h5-6,9,16-17H,7-8H2,1-4H3/t16-,17+/m0/s1. The molecular weight excluding hydrogens is 346 g/mol. The lowest BCUT2D eigenvalue weighted by Gasteiger charge is -2.47. The van der Waals surface area contributed by atoms with Crippen LogP contribution >= 0.6 is 0 Å². The van der Waals surface area contributed by atoms with Gasteiger partial charge in [0.25, 0.3) is 0 Å². The second-order valence-electron chi connectivity index (χ2n) is 7.17. The Balaban J connectivity index is 2.19. The van der Waals surface area contributed by atoms with Crippen LogP contribution in [0.15, 0.2) is 23.2 Å². The van der Waals surface area contributed by atoms with Crippen molar-refractivity contribution >= 4 is 11.9 Å². The van der Waals surface area contributed by atoms with Crippen LogP contribution in [0.3, 0.4) is 0 Å². The maximum Gasteiger partial charge on any atom is 0.303 e. The minimum absolute atomic E-state index is 0.423. The van der Waals surface area contributed by atoms with Gasteiger partial charge in [0, 0.05) is 32.6 Å². The third kappa shape index (κ3) is 3.26. The molecule has 8 heteroatoms. The van der Waals surface area contributed by atoms with Crippen molar-refractivity contribution in [3.63, 3.8) is 0 Å². The van der Waals surface area contributed by atoms with Crippen LogP contribution in [-0.4, -0.2) is 53.6 Å². The van der Waals surface area contributed by atoms with Gasteiger partial charge in [-0.2, -0.15) is 10.5 Å². The summed E-state index contributed by atoms with van der Waals surface area (Å²) in [5.41, 5.74) is 0.409. The first kappa shape index (κ1) is 18.5. The molecule has 3 rings (SSSR count). The van der Waals surface area contributed by atoms with E-state index in [0.717, 1.165) is 5.56 Å². The third-order valence-electron chi connectivity index (χ3n) is 4.86. The van der Waals surface area contributed by atoms with E-state index < -0.39 is 23.7 Å². The van der Waals surface area contributed by atoms with E-state index in [9.17, 15) is 10.1 Å². The Morgan fingerprint density at radius 3 is 2.74 bits per heavy atom. The number of rotatable bonds is 2. The fraction of sp³-hybridized carbons (Fsp3) is 0.474. The van der Waals surface area contributed by atoms with Crippen LogP contribution in [0, 0.1) is 22.8 Å². The number of ether oxygens (including phenoxy) is 2. The highest BCUT2D eigenvalue weighted by Crippen LogP contribution is 2.45. The largest absolute Gasteiger partial charge is 0.484 e. The Bertz CT molecular complexity index is 880. The average Bonchev–Trinajstić information content (AvgIpc) is 2.96. The maximum atomic E-state index is 11.8. The fourth-order valence-electron chi connectivity index (χ4n) is 3.68. The Kier molecular flexibility index (Phi) is 4.67. The molecule has 0 N–H and O–H groups in total. The number of fused-ring (bicyclic) bond motifs is 1. The van der Waals surface area contributed by atoms with Crippen molar-refractivity contribution in [1.82, 2.24) is 9.80 Å². The first-order valence-electron chi connectivity index (χ1n) is 8.63. The van der Waals surface area contributed by atoms with Gasteiger partial charge in [0.2, 0.25) is 12.2 Å². The fourth-order valence-corrected chi connectivity index (χ4v) is 3.68. The zero-order valence-corrected chi connectivity index (χ0v) is 15.8. The Morgan fingerprint density at radius 2 is 2.11 bits per heavy atom. The summed E-state index contributed by atoms with van der Waals surface area (Å²) in [5, 5.41) is 18.4. The molecule has 0 aliphatic carbocycles. The van der Waals surface area contributed by atoms with Crippen LogP contribution in [0.25, 0.3) is 0 Å². The van der Waals surface area contributed by atoms with E-state index in [-0.39, 0.29) is 0 Å². The topological polar surface area (TPSA) is 102 Å². The molecule has 0 spiro atoms. The van der Waals surface area contributed by atoms with Gasteiger partial charge in [-0.3, -0.25) is 4.79 Å². The van der Waals surface area contributed by atoms with Crippen molar-refractivity contribution in [3.8, 4) is 18.0 Å². The number of hydrogen-bond donors (Lipinski definition) is 0. The van der Waals surface area contributed by atoms with Gasteiger partial charge in [0.15, 0.2) is 6.10 Å². The summed E-state index contributed by atoms with van der Waals surface area (Å²) in [5.74, 6) is 0.705. The number of benzene rings is 1. The summed E-state index contributed by atoms with van der Waals surface area (Å²) in [7, 11) is 1.86. The van der Waals surface area contributed by atoms with Crippen LogP contribution in [0.2, 0.25) is 0 Å². The highest BCUT2D eigenvalue weighted by Gasteiger charge is 2.50. The smallest absolute Gasteiger partial charge is 0.303 e. The van der Waals surface area contributed by atoms with Crippen molar-refractivity contribution in [1.29, 1.82) is 10.5 Å². The highest BCUT2D eigenvalue weighted by molar-refractivity contribution is 5.83. The van der Waals surface area contributed by atoms with Gasteiger partial charge >= 0.3 is 5.97 Å². The summed E-state index contributed by atoms with van der Waals surface area (Å²) >= 11 is 0. The number of carbonyl (C=O) groups excluding carboxylic acids is 1. The van der Waals surface area contributed by atoms with E-state index in [2.05, 4.69) is 11.1 Å². The second-order valence-corrected chi connectivity index (χ2v) is 7.17. The van der Waals surface area contributed by atoms with Crippen molar-refractivity contribution in [3.05, 3.63) is 29.3 Å². The molecule has 0 bridgehead atoms. The molecule has 1 saturated heterocycles. The molecule has 27 heavy (non-hydrogen) atoms. The summed E-state index contributed by atoms with van der Waals surface area (Å²) in [6, 6.07) is 6.90. The summed E-state index contributed by atoms with van der Waals surface area (Å²) in [6.45, 7) is 6.35. The van der Waals surface area contributed by atoms with E-state index in [1.54, 1.807) is 18.2 Å². The monoisotopic (exact) mass is 367 g/mol. The molecule has 2 aliphatic rings. The lowest BCUT2D eigenvalue weighted by Crippen LogP contribution is -2.56. The third-order valence-corrected chi connectivity index (χ3v) is 4.86. The van der Waals surface area contributed by atoms with Crippen molar-refractivity contribution in [2.45, 2.75) is 38.5 Å². The molecule has 1 aromatic carbocycles. The van der Waals surface area contributed by atoms with Crippen molar-refractivity contribution in [2.75, 3.05) is 20.1 Å². The molecule has 0 amide bonds. The summed E-state index contributed by atoms with van der Waals surface area (Å²) in [6.07, 6.45) is 1.20. The Hall–Kier alpha value is -3.26. The molecule has 0 radical (unpaired) electrons. The Morgan fingerprint density at radius 1 is 1.37 bits per heavy atom. The number of likely N-dealkylation sites (N-methyl/N-ethyl adjacent to an activating group) is 1. The number of carbonyl (C=O) groups is 1. The van der Waals surface area contributed by atoms with Crippen LogP contribution in [0.4, 0.5) is 0 Å². The van der Waals surface area contributed by atoms with Gasteiger partial charge in [0.1, 0.15) is 17.4 Å². The van der Waals surface area contributed by atoms with E-state index in [0.29, 0.717) is 30.4 Å². The number of nitriles is 2. The van der Waals surface area contributed by atoms with Gasteiger partial charge < -0.3 is 19.3 Å². The Labute approximate surface area is 158 Å². The first-order chi connectivity index (χ1) is 12.8. The zero-order chi connectivity index (χ0) is 19.8. The number of hydrogen-bond acceptors (Lipinski definition) is 6. The van der Waals surface area contributed by atoms with E-state index in [1.165, 1.54) is 6.92 Å². The number of aliphatic imine (C=N–C) groups is 1. The van der Waals surface area contributed by atoms with Crippen LogP contribution < -0.4 is 4.74 Å². The zero-order valence-electron chi connectivity index (χ0n) is 15.8. The minimum Gasteiger partial charge on any atom is -0.484 e. The van der Waals surface area contributed by atoms with E-state index >= 15 is 0 Å². The number of guanidine groups is 1. The number of esters is 1. The molecular formula is C19H21N5O3. The molecule has 8 nitrogen and oxygen atoms in total. The van der Waals surface area contributed by atoms with E-state index in [1.807, 2.05) is 36.9 Å². The van der Waals surface area contributed by atoms with Gasteiger partial charge in [0.05, 0.1) is 11.6 Å².